The van der Waals surface area contributed by atoms with E-state index < -0.39 is 46.1 Å². The lowest BCUT2D eigenvalue weighted by Gasteiger charge is -2.59. The van der Waals surface area contributed by atoms with Crippen molar-refractivity contribution in [3.8, 4) is 0 Å². The topological polar surface area (TPSA) is 0 Å². The zero-order chi connectivity index (χ0) is 20.0. The fourth-order valence-corrected chi connectivity index (χ4v) is 2.53. The molecule has 0 radical (unpaired) electrons. The third-order valence-electron chi connectivity index (χ3n) is 5.40. The maximum Gasteiger partial charge on any atom is 0.349 e. The molecule has 0 aliphatic heterocycles. The van der Waals surface area contributed by atoms with Crippen molar-refractivity contribution in [3.05, 3.63) is 0 Å². The van der Waals surface area contributed by atoms with Crippen molar-refractivity contribution in [1.29, 1.82) is 0 Å². The average molecular weight is 380 g/mol. The second-order valence-electron chi connectivity index (χ2n) is 6.74. The normalized spacial score (nSPS) is 54.0. The van der Waals surface area contributed by atoms with Gasteiger partial charge in [-0.15, -0.1) is 0 Å². The minimum Gasteiger partial charge on any atom is -0.237 e. The molecule has 2 fully saturated rings. The van der Waals surface area contributed by atoms with Crippen LogP contribution in [0.4, 0.5) is 48.3 Å². The fraction of sp³-hybridized carbons (Fsp3) is 1.00. The summed E-state index contributed by atoms with van der Waals surface area (Å²) in [6.45, 7) is 1.50. The van der Waals surface area contributed by atoms with Crippen molar-refractivity contribution in [2.75, 3.05) is 0 Å². The Kier molecular flexibility index (Phi) is 3.98. The van der Waals surface area contributed by atoms with Crippen molar-refractivity contribution in [3.63, 3.8) is 0 Å². The lowest BCUT2D eigenvalue weighted by atomic mass is 9.57. The highest BCUT2D eigenvalue weighted by molar-refractivity contribution is 5.31. The van der Waals surface area contributed by atoms with Gasteiger partial charge in [0, 0.05) is 0 Å². The minimum atomic E-state index is -4.93. The Morgan fingerprint density at radius 3 is 0.542 bits per heavy atom. The molecule has 24 heavy (non-hydrogen) atoms. The summed E-state index contributed by atoms with van der Waals surface area (Å²) in [6.07, 6.45) is 0. The molecule has 2 saturated carbocycles. The molecule has 0 nitrogen and oxygen atoms in total. The predicted octanol–water partition coefficient (Wildman–Crippen LogP) is 5.55. The first kappa shape index (κ1) is 21.3. The van der Waals surface area contributed by atoms with Gasteiger partial charge in [0.25, 0.3) is 0 Å². The van der Waals surface area contributed by atoms with Gasteiger partial charge in [0.05, 0.1) is 0 Å². The van der Waals surface area contributed by atoms with Crippen molar-refractivity contribution in [1.82, 2.24) is 0 Å². The van der Waals surface area contributed by atoms with E-state index in [0.29, 0.717) is 20.8 Å². The maximum atomic E-state index is 13.0. The van der Waals surface area contributed by atoms with Gasteiger partial charge < -0.3 is 0 Å². The molecule has 0 spiro atoms. The first-order chi connectivity index (χ1) is 10.0. The van der Waals surface area contributed by atoms with E-state index >= 15 is 0 Å². The lowest BCUT2D eigenvalue weighted by molar-refractivity contribution is -0.427. The highest BCUT2D eigenvalue weighted by Gasteiger charge is 2.94. The van der Waals surface area contributed by atoms with Gasteiger partial charge in [-0.1, -0.05) is 0 Å². The number of hydrogen-bond donors (Lipinski definition) is 0. The van der Waals surface area contributed by atoms with Crippen molar-refractivity contribution in [2.45, 2.75) is 80.7 Å². The standard InChI is InChI=1S/C7H9F5.C6H6F6/c1-4(8)5(2,9)7(11,12)6(4,3)10;1-3(7)4(2,8)6(11,12)5(3,9)10/h1-3H3;1-2H3. The Hall–Kier alpha value is -0.770. The zero-order valence-corrected chi connectivity index (χ0v) is 13.2. The van der Waals surface area contributed by atoms with Crippen molar-refractivity contribution in [2.24, 2.45) is 0 Å². The monoisotopic (exact) mass is 380 g/mol. The van der Waals surface area contributed by atoms with Crippen molar-refractivity contribution < 1.29 is 48.3 Å². The molecule has 2 aliphatic carbocycles. The van der Waals surface area contributed by atoms with E-state index in [4.69, 9.17) is 0 Å². The third-order valence-corrected chi connectivity index (χ3v) is 5.40. The van der Waals surface area contributed by atoms with E-state index in [9.17, 15) is 48.3 Å². The Balaban J connectivity index is 0.000000240. The van der Waals surface area contributed by atoms with E-state index in [1.165, 1.54) is 0 Å². The molecule has 0 bridgehead atoms. The second kappa shape index (κ2) is 4.49. The fourth-order valence-electron chi connectivity index (χ4n) is 2.53. The molecule has 0 heterocycles. The molecule has 11 heteroatoms. The second-order valence-corrected chi connectivity index (χ2v) is 6.74. The molecule has 0 saturated heterocycles. The van der Waals surface area contributed by atoms with Crippen molar-refractivity contribution >= 4 is 0 Å². The maximum absolute atomic E-state index is 13.0. The van der Waals surface area contributed by atoms with Gasteiger partial charge in [0.2, 0.25) is 22.7 Å². The quantitative estimate of drug-likeness (QED) is 0.484. The Morgan fingerprint density at radius 1 is 0.292 bits per heavy atom. The summed E-state index contributed by atoms with van der Waals surface area (Å²) in [5.74, 6) is -14.1. The van der Waals surface area contributed by atoms with Crippen LogP contribution in [-0.2, 0) is 0 Å². The summed E-state index contributed by atoms with van der Waals surface area (Å²) >= 11 is 0. The molecular formula is C13H15F11. The molecule has 0 N–H and O–H groups in total. The van der Waals surface area contributed by atoms with Crippen LogP contribution in [0, 0.1) is 0 Å². The van der Waals surface area contributed by atoms with E-state index in [1.807, 2.05) is 0 Å². The molecule has 0 amide bonds. The number of hydrogen-bond acceptors (Lipinski definition) is 0. The Morgan fingerprint density at radius 2 is 0.458 bits per heavy atom. The molecular weight excluding hydrogens is 365 g/mol. The molecule has 0 aromatic heterocycles. The van der Waals surface area contributed by atoms with Gasteiger partial charge in [-0.25, -0.2) is 22.0 Å². The van der Waals surface area contributed by atoms with Crippen LogP contribution in [0.25, 0.3) is 0 Å². The lowest BCUT2D eigenvalue weighted by Crippen LogP contribution is -2.84. The van der Waals surface area contributed by atoms with Gasteiger partial charge in [0.15, 0.2) is 5.67 Å². The molecule has 0 aromatic carbocycles. The van der Waals surface area contributed by atoms with Gasteiger partial charge in [-0.2, -0.15) is 26.3 Å². The molecule has 0 aromatic rings. The van der Waals surface area contributed by atoms with E-state index in [2.05, 4.69) is 0 Å². The largest absolute Gasteiger partial charge is 0.349 e. The van der Waals surface area contributed by atoms with E-state index in [-0.39, 0.29) is 13.8 Å². The summed E-state index contributed by atoms with van der Waals surface area (Å²) < 4.78 is 138. The van der Waals surface area contributed by atoms with Crippen LogP contribution in [0.3, 0.4) is 0 Å². The van der Waals surface area contributed by atoms with Crippen LogP contribution in [0.15, 0.2) is 0 Å². The van der Waals surface area contributed by atoms with Crippen LogP contribution < -0.4 is 0 Å². The van der Waals surface area contributed by atoms with Crippen LogP contribution >= 0.6 is 0 Å². The van der Waals surface area contributed by atoms with Crippen LogP contribution in [0.5, 0.6) is 0 Å². The van der Waals surface area contributed by atoms with Gasteiger partial charge in [0.1, 0.15) is 0 Å². The summed E-state index contributed by atoms with van der Waals surface area (Å²) in [4.78, 5) is 0. The molecule has 144 valence electrons. The summed E-state index contributed by atoms with van der Waals surface area (Å²) in [5.41, 5.74) is -17.6. The number of rotatable bonds is 0. The zero-order valence-electron chi connectivity index (χ0n) is 13.2. The summed E-state index contributed by atoms with van der Waals surface area (Å²) in [5, 5.41) is 0. The third kappa shape index (κ3) is 1.71. The van der Waals surface area contributed by atoms with Gasteiger partial charge in [-0.05, 0) is 34.6 Å². The number of halogens is 11. The van der Waals surface area contributed by atoms with Gasteiger partial charge >= 0.3 is 17.8 Å². The Labute approximate surface area is 130 Å². The van der Waals surface area contributed by atoms with Crippen LogP contribution in [0.1, 0.15) is 34.6 Å². The van der Waals surface area contributed by atoms with E-state index in [1.54, 1.807) is 0 Å². The summed E-state index contributed by atoms with van der Waals surface area (Å²) in [6, 6.07) is 0. The first-order valence-corrected chi connectivity index (χ1v) is 6.58. The highest BCUT2D eigenvalue weighted by Crippen LogP contribution is 2.68. The molecule has 2 aliphatic rings. The van der Waals surface area contributed by atoms with Gasteiger partial charge in [-0.3, -0.25) is 0 Å². The van der Waals surface area contributed by atoms with E-state index in [0.717, 1.165) is 0 Å². The highest BCUT2D eigenvalue weighted by atomic mass is 19.3. The minimum absolute atomic E-state index is 0.129. The predicted molar refractivity (Wildman–Crippen MR) is 62.4 cm³/mol. The average Bonchev–Trinajstić information content (AvgIpc) is 2.36. The SMILES string of the molecule is CC1(F)C(C)(F)C(F)(F)C1(C)F.CC1(F)C(C)(F)C(F)(F)C1(F)F. The smallest absolute Gasteiger partial charge is 0.237 e. The molecule has 4 unspecified atom stereocenters. The first-order valence-electron chi connectivity index (χ1n) is 6.58. The number of alkyl halides is 11. The Bertz CT molecular complexity index is 352. The van der Waals surface area contributed by atoms with Crippen LogP contribution in [-0.4, -0.2) is 46.1 Å². The molecule has 4 atom stereocenters. The molecule has 2 rings (SSSR count). The van der Waals surface area contributed by atoms with Crippen LogP contribution in [0.2, 0.25) is 0 Å². The summed E-state index contributed by atoms with van der Waals surface area (Å²) in [7, 11) is 0.